The number of anilines is 1. The number of benzene rings is 1. The fourth-order valence-electron chi connectivity index (χ4n) is 3.77. The summed E-state index contributed by atoms with van der Waals surface area (Å²) in [6, 6.07) is 7.27. The zero-order chi connectivity index (χ0) is 18.3. The second kappa shape index (κ2) is 6.76. The van der Waals surface area contributed by atoms with Crippen LogP contribution in [0.5, 0.6) is 0 Å². The maximum atomic E-state index is 12.9. The van der Waals surface area contributed by atoms with Crippen molar-refractivity contribution < 1.29 is 9.59 Å². The van der Waals surface area contributed by atoms with Gasteiger partial charge in [-0.2, -0.15) is 5.10 Å². The van der Waals surface area contributed by atoms with Gasteiger partial charge in [-0.05, 0) is 37.3 Å². The zero-order valence-corrected chi connectivity index (χ0v) is 15.4. The van der Waals surface area contributed by atoms with Gasteiger partial charge in [0.15, 0.2) is 5.69 Å². The van der Waals surface area contributed by atoms with Crippen LogP contribution in [0.15, 0.2) is 24.3 Å². The Kier molecular flexibility index (Phi) is 4.44. The Morgan fingerprint density at radius 1 is 1.31 bits per heavy atom. The number of hydrogen-bond acceptors (Lipinski definition) is 3. The molecule has 1 aromatic carbocycles. The molecule has 6 nitrogen and oxygen atoms in total. The Hall–Kier alpha value is -2.34. The molecule has 0 bridgehead atoms. The number of H-pyrrole nitrogens is 1. The molecule has 136 valence electrons. The van der Waals surface area contributed by atoms with E-state index in [1.165, 1.54) is 0 Å². The largest absolute Gasteiger partial charge is 0.326 e. The van der Waals surface area contributed by atoms with Crippen LogP contribution in [0, 0.1) is 5.92 Å². The van der Waals surface area contributed by atoms with E-state index in [1.54, 1.807) is 15.9 Å². The summed E-state index contributed by atoms with van der Waals surface area (Å²) in [5.74, 6) is 0.254. The number of piperazine rings is 1. The van der Waals surface area contributed by atoms with Crippen LogP contribution in [0.1, 0.15) is 35.1 Å². The Bertz CT molecular complexity index is 863. The molecule has 0 radical (unpaired) electrons. The predicted octanol–water partition coefficient (Wildman–Crippen LogP) is 2.68. The Morgan fingerprint density at radius 2 is 2.12 bits per heavy atom. The first-order valence-electron chi connectivity index (χ1n) is 8.95. The lowest BCUT2D eigenvalue weighted by Gasteiger charge is -2.34. The lowest BCUT2D eigenvalue weighted by molar-refractivity contribution is -0.120. The van der Waals surface area contributed by atoms with Crippen LogP contribution in [-0.4, -0.2) is 46.5 Å². The van der Waals surface area contributed by atoms with Gasteiger partial charge in [-0.25, -0.2) is 0 Å². The van der Waals surface area contributed by atoms with Gasteiger partial charge in [0, 0.05) is 24.3 Å². The van der Waals surface area contributed by atoms with Crippen LogP contribution in [0.2, 0.25) is 5.02 Å². The maximum Gasteiger partial charge on any atom is 0.275 e. The summed E-state index contributed by atoms with van der Waals surface area (Å²) in [4.78, 5) is 28.8. The quantitative estimate of drug-likeness (QED) is 0.881. The number of nitrogens with zero attached hydrogens (tertiary/aromatic N) is 3. The number of hydrogen-bond donors (Lipinski definition) is 1. The molecule has 4 rings (SSSR count). The minimum Gasteiger partial charge on any atom is -0.326 e. The van der Waals surface area contributed by atoms with Crippen molar-refractivity contribution in [1.29, 1.82) is 0 Å². The van der Waals surface area contributed by atoms with E-state index in [1.807, 2.05) is 18.2 Å². The molecule has 26 heavy (non-hydrogen) atoms. The highest BCUT2D eigenvalue weighted by Gasteiger charge is 2.33. The third-order valence-corrected chi connectivity index (χ3v) is 5.57. The highest BCUT2D eigenvalue weighted by atomic mass is 35.5. The second-order valence-corrected chi connectivity index (χ2v) is 7.51. The topological polar surface area (TPSA) is 69.3 Å². The van der Waals surface area contributed by atoms with Crippen LogP contribution < -0.4 is 4.90 Å². The number of aryl methyl sites for hydroxylation is 1. The van der Waals surface area contributed by atoms with Crippen molar-refractivity contribution in [3.05, 3.63) is 46.2 Å². The van der Waals surface area contributed by atoms with Gasteiger partial charge in [0.1, 0.15) is 6.54 Å². The standard InChI is InChI=1S/C19H21ClN4O2/c1-12-6-7-15-13(10-12)18(22-21-15)19(26)23-8-9-24(17(25)11-23)16-5-3-2-4-14(16)20/h2-5,12H,6-11H2,1H3,(H,21,22)/t12-/m0/s1. The van der Waals surface area contributed by atoms with Gasteiger partial charge in [0.25, 0.3) is 5.91 Å². The van der Waals surface area contributed by atoms with Crippen molar-refractivity contribution in [3.8, 4) is 0 Å². The van der Waals surface area contributed by atoms with Gasteiger partial charge >= 0.3 is 0 Å². The third kappa shape index (κ3) is 2.98. The third-order valence-electron chi connectivity index (χ3n) is 5.25. The van der Waals surface area contributed by atoms with E-state index in [0.717, 1.165) is 30.5 Å². The van der Waals surface area contributed by atoms with Gasteiger partial charge in [-0.3, -0.25) is 14.7 Å². The van der Waals surface area contributed by atoms with Crippen LogP contribution >= 0.6 is 11.6 Å². The molecule has 7 heteroatoms. The number of fused-ring (bicyclic) bond motifs is 1. The minimum absolute atomic E-state index is 0.0429. The van der Waals surface area contributed by atoms with Crippen molar-refractivity contribution in [2.24, 2.45) is 5.92 Å². The fourth-order valence-corrected chi connectivity index (χ4v) is 4.01. The Morgan fingerprint density at radius 3 is 2.88 bits per heavy atom. The van der Waals surface area contributed by atoms with Gasteiger partial charge in [-0.1, -0.05) is 30.7 Å². The number of carbonyl (C=O) groups excluding carboxylic acids is 2. The molecule has 2 amide bonds. The van der Waals surface area contributed by atoms with Crippen LogP contribution in [0.3, 0.4) is 0 Å². The Labute approximate surface area is 157 Å². The molecule has 2 aromatic rings. The van der Waals surface area contributed by atoms with E-state index in [-0.39, 0.29) is 18.4 Å². The molecule has 0 saturated carbocycles. The predicted molar refractivity (Wildman–Crippen MR) is 99.5 cm³/mol. The zero-order valence-electron chi connectivity index (χ0n) is 14.7. The van der Waals surface area contributed by atoms with E-state index in [4.69, 9.17) is 11.6 Å². The number of rotatable bonds is 2. The monoisotopic (exact) mass is 372 g/mol. The van der Waals surface area contributed by atoms with Crippen LogP contribution in [0.4, 0.5) is 5.69 Å². The number of carbonyl (C=O) groups is 2. The molecule has 1 aliphatic heterocycles. The molecule has 1 saturated heterocycles. The summed E-state index contributed by atoms with van der Waals surface area (Å²) in [6.45, 7) is 3.13. The average Bonchev–Trinajstić information content (AvgIpc) is 3.05. The number of nitrogens with one attached hydrogen (secondary N) is 1. The van der Waals surface area contributed by atoms with E-state index >= 15 is 0 Å². The van der Waals surface area contributed by atoms with Gasteiger partial charge in [-0.15, -0.1) is 0 Å². The van der Waals surface area contributed by atoms with E-state index < -0.39 is 0 Å². The molecule has 2 aliphatic rings. The molecule has 1 aromatic heterocycles. The second-order valence-electron chi connectivity index (χ2n) is 7.10. The first kappa shape index (κ1) is 17.1. The van der Waals surface area contributed by atoms with E-state index in [0.29, 0.717) is 35.4 Å². The molecule has 2 heterocycles. The molecule has 1 N–H and O–H groups in total. The van der Waals surface area contributed by atoms with Gasteiger partial charge in [0.05, 0.1) is 10.7 Å². The summed E-state index contributed by atoms with van der Waals surface area (Å²) in [5, 5.41) is 7.81. The minimum atomic E-state index is -0.163. The van der Waals surface area contributed by atoms with Gasteiger partial charge < -0.3 is 9.80 Å². The molecule has 1 atom stereocenters. The van der Waals surface area contributed by atoms with Crippen molar-refractivity contribution in [2.45, 2.75) is 26.2 Å². The molecular formula is C19H21ClN4O2. The van der Waals surface area contributed by atoms with Crippen molar-refractivity contribution >= 4 is 29.1 Å². The summed E-state index contributed by atoms with van der Waals surface area (Å²) in [6.07, 6.45) is 2.90. The summed E-state index contributed by atoms with van der Waals surface area (Å²) < 4.78 is 0. The van der Waals surface area contributed by atoms with E-state index in [2.05, 4.69) is 17.1 Å². The van der Waals surface area contributed by atoms with Crippen molar-refractivity contribution in [3.63, 3.8) is 0 Å². The molecule has 1 aliphatic carbocycles. The number of amides is 2. The molecule has 1 fully saturated rings. The van der Waals surface area contributed by atoms with Crippen molar-refractivity contribution in [1.82, 2.24) is 15.1 Å². The highest BCUT2D eigenvalue weighted by Crippen LogP contribution is 2.29. The summed E-state index contributed by atoms with van der Waals surface area (Å²) in [7, 11) is 0. The summed E-state index contributed by atoms with van der Waals surface area (Å²) >= 11 is 6.21. The number of para-hydroxylation sites is 1. The molecule has 0 spiro atoms. The number of aromatic amines is 1. The molecular weight excluding hydrogens is 352 g/mol. The lowest BCUT2D eigenvalue weighted by atomic mass is 9.87. The van der Waals surface area contributed by atoms with Crippen LogP contribution in [0.25, 0.3) is 0 Å². The highest BCUT2D eigenvalue weighted by molar-refractivity contribution is 6.33. The SMILES string of the molecule is C[C@H]1CCc2[nH]nc(C(=O)N3CCN(c4ccccc4Cl)C(=O)C3)c2C1. The normalized spacial score (nSPS) is 20.2. The van der Waals surface area contributed by atoms with Crippen molar-refractivity contribution in [2.75, 3.05) is 24.5 Å². The Balaban J connectivity index is 1.51. The van der Waals surface area contributed by atoms with Crippen LogP contribution in [-0.2, 0) is 17.6 Å². The van der Waals surface area contributed by atoms with Gasteiger partial charge in [0.2, 0.25) is 5.91 Å². The van der Waals surface area contributed by atoms with E-state index in [9.17, 15) is 9.59 Å². The first-order valence-corrected chi connectivity index (χ1v) is 9.32. The smallest absolute Gasteiger partial charge is 0.275 e. The molecule has 0 unspecified atom stereocenters. The first-order chi connectivity index (χ1) is 12.5. The maximum absolute atomic E-state index is 12.9. The average molecular weight is 373 g/mol. The lowest BCUT2D eigenvalue weighted by Crippen LogP contribution is -2.52. The summed E-state index contributed by atoms with van der Waals surface area (Å²) in [5.41, 5.74) is 3.25. The number of aromatic nitrogens is 2. The fraction of sp³-hybridized carbons (Fsp3) is 0.421. The number of halogens is 1.